The molecule has 12 heavy (non-hydrogen) atoms. The fourth-order valence-electron chi connectivity index (χ4n) is 0.641. The van der Waals surface area contributed by atoms with Gasteiger partial charge in [-0.15, -0.1) is 11.8 Å². The average molecular weight is 205 g/mol. The van der Waals surface area contributed by atoms with Crippen LogP contribution in [0.2, 0.25) is 5.28 Å². The standard InChI is InChI=1S/C7H9ClN2OS/c8-7-9-3-2-6(10-7)12-5-1-4-11/h2-3,11H,1,4-5H2. The van der Waals surface area contributed by atoms with Crippen molar-refractivity contribution in [3.8, 4) is 0 Å². The molecule has 0 aliphatic carbocycles. The summed E-state index contributed by atoms with van der Waals surface area (Å²) in [5, 5.41) is 9.64. The minimum absolute atomic E-state index is 0.214. The van der Waals surface area contributed by atoms with E-state index in [9.17, 15) is 0 Å². The number of halogens is 1. The maximum atomic E-state index is 8.53. The van der Waals surface area contributed by atoms with Gasteiger partial charge in [0.25, 0.3) is 0 Å². The maximum absolute atomic E-state index is 8.53. The molecule has 0 atom stereocenters. The van der Waals surface area contributed by atoms with E-state index < -0.39 is 0 Å². The van der Waals surface area contributed by atoms with Gasteiger partial charge in [0.15, 0.2) is 0 Å². The van der Waals surface area contributed by atoms with Gasteiger partial charge in [0, 0.05) is 18.6 Å². The quantitative estimate of drug-likeness (QED) is 0.350. The van der Waals surface area contributed by atoms with E-state index in [0.717, 1.165) is 17.2 Å². The molecule has 0 saturated carbocycles. The molecule has 66 valence electrons. The minimum Gasteiger partial charge on any atom is -0.396 e. The molecular weight excluding hydrogens is 196 g/mol. The Balaban J connectivity index is 2.41. The molecule has 0 aliphatic rings. The topological polar surface area (TPSA) is 46.0 Å². The Kier molecular flexibility index (Phi) is 4.35. The number of aliphatic hydroxyl groups excluding tert-OH is 1. The first-order valence-corrected chi connectivity index (χ1v) is 4.91. The zero-order chi connectivity index (χ0) is 8.81. The maximum Gasteiger partial charge on any atom is 0.223 e. The van der Waals surface area contributed by atoms with E-state index in [1.807, 2.05) is 0 Å². The Morgan fingerprint density at radius 3 is 3.08 bits per heavy atom. The number of rotatable bonds is 4. The largest absolute Gasteiger partial charge is 0.396 e. The predicted molar refractivity (Wildman–Crippen MR) is 49.5 cm³/mol. The van der Waals surface area contributed by atoms with E-state index in [1.165, 1.54) is 0 Å². The van der Waals surface area contributed by atoms with Gasteiger partial charge < -0.3 is 5.11 Å². The number of aliphatic hydroxyl groups is 1. The second-order valence-corrected chi connectivity index (χ2v) is 3.54. The lowest BCUT2D eigenvalue weighted by Gasteiger charge is -1.97. The van der Waals surface area contributed by atoms with Gasteiger partial charge >= 0.3 is 0 Å². The Morgan fingerprint density at radius 2 is 2.42 bits per heavy atom. The zero-order valence-electron chi connectivity index (χ0n) is 6.40. The monoisotopic (exact) mass is 204 g/mol. The number of nitrogens with zero attached hydrogens (tertiary/aromatic N) is 2. The SMILES string of the molecule is OCCCSc1ccnc(Cl)n1. The van der Waals surface area contributed by atoms with E-state index in [1.54, 1.807) is 24.0 Å². The summed E-state index contributed by atoms with van der Waals surface area (Å²) in [6, 6.07) is 1.80. The molecule has 1 heterocycles. The summed E-state index contributed by atoms with van der Waals surface area (Å²) in [4.78, 5) is 7.74. The smallest absolute Gasteiger partial charge is 0.223 e. The van der Waals surface area contributed by atoms with Crippen molar-refractivity contribution in [3.05, 3.63) is 17.5 Å². The van der Waals surface area contributed by atoms with Crippen LogP contribution >= 0.6 is 23.4 Å². The molecule has 5 heteroatoms. The van der Waals surface area contributed by atoms with Gasteiger partial charge in [-0.05, 0) is 24.1 Å². The third-order valence-corrected chi connectivity index (χ3v) is 2.35. The summed E-state index contributed by atoms with van der Waals surface area (Å²) in [7, 11) is 0. The van der Waals surface area contributed by atoms with Crippen molar-refractivity contribution in [2.45, 2.75) is 11.4 Å². The highest BCUT2D eigenvalue weighted by Gasteiger charge is 1.96. The summed E-state index contributed by atoms with van der Waals surface area (Å²) < 4.78 is 0. The van der Waals surface area contributed by atoms with Crippen LogP contribution in [0.1, 0.15) is 6.42 Å². The van der Waals surface area contributed by atoms with Crippen molar-refractivity contribution in [1.29, 1.82) is 0 Å². The number of hydrogen-bond acceptors (Lipinski definition) is 4. The molecule has 0 bridgehead atoms. The number of thioether (sulfide) groups is 1. The first-order valence-electron chi connectivity index (χ1n) is 3.55. The molecule has 0 fully saturated rings. The molecule has 0 spiro atoms. The lowest BCUT2D eigenvalue weighted by Crippen LogP contribution is -1.88. The van der Waals surface area contributed by atoms with Crippen molar-refractivity contribution in [1.82, 2.24) is 9.97 Å². The van der Waals surface area contributed by atoms with Gasteiger partial charge in [0.1, 0.15) is 5.03 Å². The molecule has 0 amide bonds. The fourth-order valence-corrected chi connectivity index (χ4v) is 1.63. The van der Waals surface area contributed by atoms with Gasteiger partial charge in [-0.3, -0.25) is 0 Å². The zero-order valence-corrected chi connectivity index (χ0v) is 7.98. The summed E-state index contributed by atoms with van der Waals surface area (Å²) in [6.45, 7) is 0.214. The van der Waals surface area contributed by atoms with Crippen LogP contribution in [-0.4, -0.2) is 27.4 Å². The highest BCUT2D eigenvalue weighted by molar-refractivity contribution is 7.99. The van der Waals surface area contributed by atoms with Gasteiger partial charge in [-0.25, -0.2) is 9.97 Å². The van der Waals surface area contributed by atoms with Crippen LogP contribution in [0.15, 0.2) is 17.3 Å². The van der Waals surface area contributed by atoms with Gasteiger partial charge in [0.2, 0.25) is 5.28 Å². The minimum atomic E-state index is 0.214. The van der Waals surface area contributed by atoms with Crippen LogP contribution < -0.4 is 0 Å². The second kappa shape index (κ2) is 5.35. The van der Waals surface area contributed by atoms with E-state index in [-0.39, 0.29) is 11.9 Å². The normalized spacial score (nSPS) is 10.2. The Bertz CT molecular complexity index is 247. The molecule has 1 aromatic rings. The predicted octanol–water partition coefficient (Wildman–Crippen LogP) is 1.60. The third-order valence-electron chi connectivity index (χ3n) is 1.15. The molecule has 0 aromatic carbocycles. The molecule has 1 N–H and O–H groups in total. The van der Waals surface area contributed by atoms with Crippen molar-refractivity contribution in [2.24, 2.45) is 0 Å². The van der Waals surface area contributed by atoms with Crippen LogP contribution in [0, 0.1) is 0 Å². The number of hydrogen-bond donors (Lipinski definition) is 1. The van der Waals surface area contributed by atoms with Crippen molar-refractivity contribution >= 4 is 23.4 Å². The van der Waals surface area contributed by atoms with Crippen molar-refractivity contribution < 1.29 is 5.11 Å². The van der Waals surface area contributed by atoms with E-state index in [0.29, 0.717) is 0 Å². The molecule has 0 radical (unpaired) electrons. The summed E-state index contributed by atoms with van der Waals surface area (Å²) in [5.41, 5.74) is 0. The Hall–Kier alpha value is -0.320. The highest BCUT2D eigenvalue weighted by atomic mass is 35.5. The van der Waals surface area contributed by atoms with Crippen LogP contribution in [0.4, 0.5) is 0 Å². The summed E-state index contributed by atoms with van der Waals surface area (Å²) in [5.74, 6) is 0.851. The molecule has 3 nitrogen and oxygen atoms in total. The first kappa shape index (κ1) is 9.77. The molecular formula is C7H9ClN2OS. The fraction of sp³-hybridized carbons (Fsp3) is 0.429. The van der Waals surface area contributed by atoms with Crippen LogP contribution in [0.3, 0.4) is 0 Å². The summed E-state index contributed by atoms with van der Waals surface area (Å²) >= 11 is 7.14. The Labute approximate surface area is 80.2 Å². The first-order chi connectivity index (χ1) is 5.83. The number of aromatic nitrogens is 2. The lowest BCUT2D eigenvalue weighted by molar-refractivity contribution is 0.296. The van der Waals surface area contributed by atoms with Gasteiger partial charge in [-0.2, -0.15) is 0 Å². The molecule has 0 saturated heterocycles. The average Bonchev–Trinajstić information content (AvgIpc) is 2.05. The Morgan fingerprint density at radius 1 is 1.58 bits per heavy atom. The lowest BCUT2D eigenvalue weighted by atomic mass is 10.5. The van der Waals surface area contributed by atoms with E-state index in [4.69, 9.17) is 16.7 Å². The second-order valence-electron chi connectivity index (χ2n) is 2.09. The van der Waals surface area contributed by atoms with Gasteiger partial charge in [0.05, 0.1) is 0 Å². The van der Waals surface area contributed by atoms with Gasteiger partial charge in [-0.1, -0.05) is 0 Å². The van der Waals surface area contributed by atoms with Crippen LogP contribution in [-0.2, 0) is 0 Å². The van der Waals surface area contributed by atoms with Crippen LogP contribution in [0.25, 0.3) is 0 Å². The van der Waals surface area contributed by atoms with Crippen LogP contribution in [0.5, 0.6) is 0 Å². The molecule has 0 aliphatic heterocycles. The van der Waals surface area contributed by atoms with Crippen molar-refractivity contribution in [3.63, 3.8) is 0 Å². The van der Waals surface area contributed by atoms with E-state index in [2.05, 4.69) is 9.97 Å². The molecule has 1 rings (SSSR count). The summed E-state index contributed by atoms with van der Waals surface area (Å²) in [6.07, 6.45) is 2.39. The van der Waals surface area contributed by atoms with Crippen molar-refractivity contribution in [2.75, 3.05) is 12.4 Å². The third kappa shape index (κ3) is 3.38. The molecule has 0 unspecified atom stereocenters. The van der Waals surface area contributed by atoms with E-state index >= 15 is 0 Å². The molecule has 1 aromatic heterocycles. The highest BCUT2D eigenvalue weighted by Crippen LogP contribution is 2.16.